The number of fused-ring (bicyclic) bond motifs is 6. The Labute approximate surface area is 338 Å². The zero-order valence-electron chi connectivity index (χ0n) is 31.0. The second-order valence-corrected chi connectivity index (χ2v) is 16.7. The maximum absolute atomic E-state index is 5.38. The fourth-order valence-electron chi connectivity index (χ4n) is 8.02. The predicted molar refractivity (Wildman–Crippen MR) is 243 cm³/mol. The van der Waals surface area contributed by atoms with Crippen molar-refractivity contribution in [1.82, 2.24) is 15.0 Å². The minimum absolute atomic E-state index is 0.685. The average Bonchev–Trinajstić information content (AvgIpc) is 3.84. The van der Waals surface area contributed by atoms with Crippen molar-refractivity contribution < 1.29 is 0 Å². The summed E-state index contributed by atoms with van der Waals surface area (Å²) < 4.78 is 5.19. The van der Waals surface area contributed by atoms with Gasteiger partial charge < -0.3 is 0 Å². The lowest BCUT2D eigenvalue weighted by Gasteiger charge is -2.14. The van der Waals surface area contributed by atoms with Crippen molar-refractivity contribution in [3.05, 3.63) is 188 Å². The molecule has 0 saturated carbocycles. The Balaban J connectivity index is 1.14. The van der Waals surface area contributed by atoms with Crippen LogP contribution in [0.2, 0.25) is 0 Å². The maximum Gasteiger partial charge on any atom is 0.160 e. The van der Waals surface area contributed by atoms with Crippen molar-refractivity contribution >= 4 is 63.0 Å². The molecule has 5 heteroatoms. The SMILES string of the molecule is Cc1ccccc1-c1cc(-c2cccc(-c3cccnc3)c2)nc(-c2cc(-c3ccc4sc5ccccc5c4c3)cc(-c3ccc4sc5ccccc5c4c3)c2)n1. The van der Waals surface area contributed by atoms with Crippen LogP contribution in [0.4, 0.5) is 0 Å². The molecule has 0 aliphatic heterocycles. The third-order valence-corrected chi connectivity index (χ3v) is 13.2. The number of nitrogens with zero attached hydrogens (tertiary/aromatic N) is 3. The van der Waals surface area contributed by atoms with E-state index in [4.69, 9.17) is 9.97 Å². The zero-order valence-corrected chi connectivity index (χ0v) is 32.6. The summed E-state index contributed by atoms with van der Waals surface area (Å²) in [5.74, 6) is 0.685. The van der Waals surface area contributed by atoms with Gasteiger partial charge in [0.2, 0.25) is 0 Å². The molecule has 3 nitrogen and oxygen atoms in total. The molecule has 0 radical (unpaired) electrons. The molecule has 0 unspecified atom stereocenters. The Morgan fingerprint density at radius 3 is 1.58 bits per heavy atom. The molecule has 0 N–H and O–H groups in total. The van der Waals surface area contributed by atoms with Crippen LogP contribution >= 0.6 is 22.7 Å². The summed E-state index contributed by atoms with van der Waals surface area (Å²) >= 11 is 3.69. The zero-order chi connectivity index (χ0) is 37.9. The summed E-state index contributed by atoms with van der Waals surface area (Å²) in [5.41, 5.74) is 12.7. The molecule has 4 heterocycles. The topological polar surface area (TPSA) is 38.7 Å². The van der Waals surface area contributed by atoms with Crippen LogP contribution in [-0.4, -0.2) is 15.0 Å². The molecule has 0 aliphatic carbocycles. The van der Waals surface area contributed by atoms with Crippen LogP contribution in [0.1, 0.15) is 5.56 Å². The van der Waals surface area contributed by atoms with Gasteiger partial charge in [-0.15, -0.1) is 22.7 Å². The molecule has 0 spiro atoms. The number of rotatable bonds is 6. The van der Waals surface area contributed by atoms with Crippen molar-refractivity contribution in [1.29, 1.82) is 0 Å². The average molecular weight is 764 g/mol. The van der Waals surface area contributed by atoms with E-state index in [1.807, 2.05) is 41.1 Å². The van der Waals surface area contributed by atoms with E-state index in [1.165, 1.54) is 45.9 Å². The number of aromatic nitrogens is 3. The molecule has 0 saturated heterocycles. The van der Waals surface area contributed by atoms with Crippen LogP contribution in [-0.2, 0) is 0 Å². The molecule has 0 aliphatic rings. The Morgan fingerprint density at radius 1 is 0.368 bits per heavy atom. The number of pyridine rings is 1. The largest absolute Gasteiger partial charge is 0.264 e. The van der Waals surface area contributed by atoms with E-state index in [9.17, 15) is 0 Å². The van der Waals surface area contributed by atoms with Gasteiger partial charge in [0, 0.05) is 75.0 Å². The Kier molecular flexibility index (Phi) is 8.09. The van der Waals surface area contributed by atoms with Crippen LogP contribution in [0.3, 0.4) is 0 Å². The molecule has 268 valence electrons. The van der Waals surface area contributed by atoms with Gasteiger partial charge in [0.1, 0.15) is 0 Å². The summed E-state index contributed by atoms with van der Waals surface area (Å²) in [4.78, 5) is 15.1. The smallest absolute Gasteiger partial charge is 0.160 e. The maximum atomic E-state index is 5.38. The highest BCUT2D eigenvalue weighted by Gasteiger charge is 2.17. The van der Waals surface area contributed by atoms with E-state index in [1.54, 1.807) is 0 Å². The first-order valence-corrected chi connectivity index (χ1v) is 20.7. The van der Waals surface area contributed by atoms with E-state index < -0.39 is 0 Å². The van der Waals surface area contributed by atoms with Gasteiger partial charge >= 0.3 is 0 Å². The molecular weight excluding hydrogens is 731 g/mol. The van der Waals surface area contributed by atoms with Gasteiger partial charge in [0.05, 0.1) is 11.4 Å². The number of hydrogen-bond donors (Lipinski definition) is 0. The minimum Gasteiger partial charge on any atom is -0.264 e. The highest BCUT2D eigenvalue weighted by molar-refractivity contribution is 7.26. The number of benzene rings is 7. The first-order valence-electron chi connectivity index (χ1n) is 19.1. The predicted octanol–water partition coefficient (Wildman–Crippen LogP) is 14.9. The van der Waals surface area contributed by atoms with Crippen LogP contribution in [0, 0.1) is 6.92 Å². The fourth-order valence-corrected chi connectivity index (χ4v) is 10.2. The van der Waals surface area contributed by atoms with Crippen molar-refractivity contribution in [2.24, 2.45) is 0 Å². The molecular formula is C52H33N3S2. The molecule has 0 atom stereocenters. The van der Waals surface area contributed by atoms with Crippen molar-refractivity contribution in [2.75, 3.05) is 0 Å². The van der Waals surface area contributed by atoms with Gasteiger partial charge in [-0.1, -0.05) is 97.1 Å². The number of aryl methyl sites for hydroxylation is 1. The summed E-state index contributed by atoms with van der Waals surface area (Å²) in [6, 6.07) is 61.3. The molecule has 11 aromatic rings. The van der Waals surface area contributed by atoms with Gasteiger partial charge in [-0.3, -0.25) is 4.98 Å². The second-order valence-electron chi connectivity index (χ2n) is 14.5. The van der Waals surface area contributed by atoms with E-state index in [-0.39, 0.29) is 0 Å². The first-order chi connectivity index (χ1) is 28.1. The van der Waals surface area contributed by atoms with Crippen molar-refractivity contribution in [3.63, 3.8) is 0 Å². The van der Waals surface area contributed by atoms with Gasteiger partial charge in [0.15, 0.2) is 5.82 Å². The molecule has 7 aromatic carbocycles. The van der Waals surface area contributed by atoms with Crippen LogP contribution in [0.5, 0.6) is 0 Å². The molecule has 11 rings (SSSR count). The highest BCUT2D eigenvalue weighted by Crippen LogP contribution is 2.41. The van der Waals surface area contributed by atoms with Crippen molar-refractivity contribution in [2.45, 2.75) is 6.92 Å². The van der Waals surface area contributed by atoms with Gasteiger partial charge in [-0.25, -0.2) is 9.97 Å². The van der Waals surface area contributed by atoms with Crippen LogP contribution in [0.25, 0.3) is 108 Å². The number of thiophene rings is 2. The van der Waals surface area contributed by atoms with E-state index in [0.717, 1.165) is 61.5 Å². The van der Waals surface area contributed by atoms with Gasteiger partial charge in [-0.05, 0) is 113 Å². The van der Waals surface area contributed by atoms with E-state index >= 15 is 0 Å². The molecule has 0 amide bonds. The Hall–Kier alpha value is -6.79. The standard InChI is InChI=1S/C52H33N3S2/c1-32-10-2-3-14-41(32)47-30-46(36-12-8-11-33(24-36)37-13-9-23-53-31-37)54-52(55-47)40-26-38(34-19-21-50-44(28-34)42-15-4-6-17-48(42)56-50)25-39(27-40)35-20-22-51-45(29-35)43-16-5-7-18-49(43)57-51/h2-31H,1H3. The minimum atomic E-state index is 0.685. The summed E-state index contributed by atoms with van der Waals surface area (Å²) in [6.45, 7) is 2.15. The lowest BCUT2D eigenvalue weighted by molar-refractivity contribution is 1.18. The lowest BCUT2D eigenvalue weighted by atomic mass is 9.94. The monoisotopic (exact) mass is 763 g/mol. The number of hydrogen-bond acceptors (Lipinski definition) is 5. The van der Waals surface area contributed by atoms with E-state index in [2.05, 4.69) is 176 Å². The lowest BCUT2D eigenvalue weighted by Crippen LogP contribution is -1.98. The molecule has 0 bridgehead atoms. The molecule has 4 aromatic heterocycles. The quantitative estimate of drug-likeness (QED) is 0.169. The second kappa shape index (κ2) is 13.7. The normalized spacial score (nSPS) is 11.6. The van der Waals surface area contributed by atoms with Gasteiger partial charge in [0.25, 0.3) is 0 Å². The van der Waals surface area contributed by atoms with E-state index in [0.29, 0.717) is 5.82 Å². The first kappa shape index (κ1) is 33.5. The summed E-state index contributed by atoms with van der Waals surface area (Å²) in [7, 11) is 0. The molecule has 0 fully saturated rings. The Morgan fingerprint density at radius 2 is 0.912 bits per heavy atom. The molecule has 57 heavy (non-hydrogen) atoms. The Bertz CT molecular complexity index is 3190. The third-order valence-electron chi connectivity index (χ3n) is 10.9. The summed E-state index contributed by atoms with van der Waals surface area (Å²) in [5, 5.41) is 5.13. The fraction of sp³-hybridized carbons (Fsp3) is 0.0192. The highest BCUT2D eigenvalue weighted by atomic mass is 32.1. The third kappa shape index (κ3) is 6.09. The van der Waals surface area contributed by atoms with Crippen LogP contribution < -0.4 is 0 Å². The van der Waals surface area contributed by atoms with Gasteiger partial charge in [-0.2, -0.15) is 0 Å². The summed E-state index contributed by atoms with van der Waals surface area (Å²) in [6.07, 6.45) is 3.71. The van der Waals surface area contributed by atoms with Crippen LogP contribution in [0.15, 0.2) is 182 Å². The van der Waals surface area contributed by atoms with Crippen molar-refractivity contribution in [3.8, 4) is 67.3 Å².